The Balaban J connectivity index is 1.51. The minimum Gasteiger partial charge on any atom is -0.349 e. The number of hydrogen-bond acceptors (Lipinski definition) is 5. The molecule has 0 radical (unpaired) electrons. The molecular weight excluding hydrogens is 449 g/mol. The molecule has 0 spiro atoms. The Labute approximate surface area is 205 Å². The van der Waals surface area contributed by atoms with Crippen molar-refractivity contribution in [3.05, 3.63) is 71.3 Å². The van der Waals surface area contributed by atoms with Gasteiger partial charge in [-0.15, -0.1) is 10.2 Å². The maximum absolute atomic E-state index is 13.6. The highest BCUT2D eigenvalue weighted by molar-refractivity contribution is 7.99. The molecule has 0 saturated carbocycles. The normalized spacial score (nSPS) is 16.2. The van der Waals surface area contributed by atoms with Crippen LogP contribution in [-0.4, -0.2) is 44.4 Å². The number of aromatic nitrogens is 3. The molecule has 0 aliphatic carbocycles. The quantitative estimate of drug-likeness (QED) is 0.446. The summed E-state index contributed by atoms with van der Waals surface area (Å²) in [4.78, 5) is 15.2. The van der Waals surface area contributed by atoms with E-state index in [9.17, 15) is 9.18 Å². The van der Waals surface area contributed by atoms with Gasteiger partial charge < -0.3 is 5.32 Å². The minimum absolute atomic E-state index is 0.0694. The predicted octanol–water partition coefficient (Wildman–Crippen LogP) is 5.23. The molecule has 6 nitrogen and oxygen atoms in total. The van der Waals surface area contributed by atoms with Gasteiger partial charge in [-0.3, -0.25) is 14.3 Å². The summed E-state index contributed by atoms with van der Waals surface area (Å²) in [6.45, 7) is 8.23. The van der Waals surface area contributed by atoms with E-state index < -0.39 is 0 Å². The summed E-state index contributed by atoms with van der Waals surface area (Å²) >= 11 is 1.35. The van der Waals surface area contributed by atoms with Gasteiger partial charge in [-0.05, 0) is 82.1 Å². The predicted molar refractivity (Wildman–Crippen MR) is 134 cm³/mol. The number of carbonyl (C=O) groups excluding carboxylic acids is 1. The van der Waals surface area contributed by atoms with Crippen LogP contribution < -0.4 is 5.32 Å². The summed E-state index contributed by atoms with van der Waals surface area (Å²) in [6, 6.07) is 14.4. The minimum atomic E-state index is -0.291. The fourth-order valence-corrected chi connectivity index (χ4v) is 5.28. The molecule has 4 rings (SSSR count). The van der Waals surface area contributed by atoms with Crippen LogP contribution in [0.5, 0.6) is 0 Å². The number of nitrogens with one attached hydrogen (secondary N) is 1. The number of nitrogens with zero attached hydrogens (tertiary/aromatic N) is 4. The van der Waals surface area contributed by atoms with Gasteiger partial charge in [-0.1, -0.05) is 42.4 Å². The summed E-state index contributed by atoms with van der Waals surface area (Å²) in [5.74, 6) is 0.666. The molecule has 0 unspecified atom stereocenters. The van der Waals surface area contributed by atoms with Crippen LogP contribution in [0.3, 0.4) is 0 Å². The first-order chi connectivity index (χ1) is 16.4. The zero-order valence-electron chi connectivity index (χ0n) is 20.0. The van der Waals surface area contributed by atoms with E-state index in [-0.39, 0.29) is 29.6 Å². The topological polar surface area (TPSA) is 63.1 Å². The summed E-state index contributed by atoms with van der Waals surface area (Å²) in [5.41, 5.74) is 3.05. The number of halogens is 1. The number of carbonyl (C=O) groups is 1. The lowest BCUT2D eigenvalue weighted by Crippen LogP contribution is -2.33. The number of amides is 1. The molecule has 0 bridgehead atoms. The summed E-state index contributed by atoms with van der Waals surface area (Å²) in [7, 11) is 0. The molecule has 2 atom stereocenters. The van der Waals surface area contributed by atoms with Crippen LogP contribution in [-0.2, 0) is 4.79 Å². The number of rotatable bonds is 8. The maximum atomic E-state index is 13.6. The number of hydrogen-bond donors (Lipinski definition) is 1. The van der Waals surface area contributed by atoms with Crippen LogP contribution in [0.1, 0.15) is 62.1 Å². The van der Waals surface area contributed by atoms with Crippen LogP contribution >= 0.6 is 11.8 Å². The second kappa shape index (κ2) is 11.1. The van der Waals surface area contributed by atoms with Crippen molar-refractivity contribution in [3.8, 4) is 5.69 Å². The van der Waals surface area contributed by atoms with Crippen molar-refractivity contribution in [1.82, 2.24) is 25.0 Å². The van der Waals surface area contributed by atoms with Gasteiger partial charge in [0.1, 0.15) is 5.82 Å². The van der Waals surface area contributed by atoms with E-state index in [1.54, 1.807) is 12.1 Å². The highest BCUT2D eigenvalue weighted by atomic mass is 32.2. The summed E-state index contributed by atoms with van der Waals surface area (Å²) in [6.07, 6.45) is 3.61. The Morgan fingerprint density at radius 3 is 2.47 bits per heavy atom. The number of piperidine rings is 1. The van der Waals surface area contributed by atoms with E-state index in [2.05, 4.69) is 27.3 Å². The Hall–Kier alpha value is -2.71. The third-order valence-electron chi connectivity index (χ3n) is 6.42. The molecule has 3 aromatic rings. The van der Waals surface area contributed by atoms with Gasteiger partial charge in [0, 0.05) is 5.69 Å². The van der Waals surface area contributed by atoms with Gasteiger partial charge in [-0.2, -0.15) is 0 Å². The van der Waals surface area contributed by atoms with Crippen molar-refractivity contribution in [2.45, 2.75) is 57.3 Å². The first-order valence-electron chi connectivity index (χ1n) is 11.9. The van der Waals surface area contributed by atoms with Crippen molar-refractivity contribution < 1.29 is 9.18 Å². The molecule has 2 aromatic carbocycles. The molecule has 1 aromatic heterocycles. The summed E-state index contributed by atoms with van der Waals surface area (Å²) in [5, 5.41) is 12.7. The fraction of sp³-hybridized carbons (Fsp3) is 0.423. The summed E-state index contributed by atoms with van der Waals surface area (Å²) < 4.78 is 15.6. The van der Waals surface area contributed by atoms with E-state index >= 15 is 0 Å². The van der Waals surface area contributed by atoms with E-state index in [1.165, 1.54) is 43.2 Å². The molecule has 1 N–H and O–H groups in total. The highest BCUT2D eigenvalue weighted by Crippen LogP contribution is 2.29. The molecule has 180 valence electrons. The molecule has 1 amide bonds. The number of aryl methyl sites for hydroxylation is 1. The van der Waals surface area contributed by atoms with Crippen LogP contribution in [0.4, 0.5) is 4.39 Å². The van der Waals surface area contributed by atoms with Gasteiger partial charge in [0.15, 0.2) is 11.0 Å². The fourth-order valence-electron chi connectivity index (χ4n) is 4.51. The second-order valence-electron chi connectivity index (χ2n) is 8.86. The molecule has 1 aliphatic rings. The highest BCUT2D eigenvalue weighted by Gasteiger charge is 2.26. The molecule has 8 heteroatoms. The lowest BCUT2D eigenvalue weighted by Gasteiger charge is -2.31. The van der Waals surface area contributed by atoms with Gasteiger partial charge in [-0.25, -0.2) is 4.39 Å². The molecule has 34 heavy (non-hydrogen) atoms. The van der Waals surface area contributed by atoms with Crippen LogP contribution in [0.25, 0.3) is 5.69 Å². The smallest absolute Gasteiger partial charge is 0.230 e. The standard InChI is InChI=1S/C26H32FN5OS/c1-18-9-5-6-10-23(18)19(2)28-24(33)17-34-26-30-29-25(20(3)31-15-7-4-8-16-31)32(26)22-13-11-21(27)12-14-22/h5-6,9-14,19-20H,4,7-8,15-17H2,1-3H3,(H,28,33)/t19-,20-/m0/s1. The first-order valence-corrected chi connectivity index (χ1v) is 12.9. The maximum Gasteiger partial charge on any atom is 0.230 e. The monoisotopic (exact) mass is 481 g/mol. The third-order valence-corrected chi connectivity index (χ3v) is 7.35. The van der Waals surface area contributed by atoms with Gasteiger partial charge >= 0.3 is 0 Å². The molecule has 1 fully saturated rings. The number of benzene rings is 2. The van der Waals surface area contributed by atoms with Crippen molar-refractivity contribution in [3.63, 3.8) is 0 Å². The Morgan fingerprint density at radius 2 is 1.76 bits per heavy atom. The van der Waals surface area contributed by atoms with E-state index in [0.29, 0.717) is 5.16 Å². The largest absolute Gasteiger partial charge is 0.349 e. The van der Waals surface area contributed by atoms with Gasteiger partial charge in [0.25, 0.3) is 0 Å². The molecule has 1 saturated heterocycles. The lowest BCUT2D eigenvalue weighted by atomic mass is 10.0. The van der Waals surface area contributed by atoms with E-state index in [0.717, 1.165) is 35.7 Å². The Morgan fingerprint density at radius 1 is 1.06 bits per heavy atom. The van der Waals surface area contributed by atoms with Gasteiger partial charge in [0.05, 0.1) is 17.8 Å². The SMILES string of the molecule is Cc1ccccc1[C@H](C)NC(=O)CSc1nnc([C@H](C)N2CCCCC2)n1-c1ccc(F)cc1. The molecule has 1 aliphatic heterocycles. The zero-order valence-corrected chi connectivity index (χ0v) is 20.8. The van der Waals surface area contributed by atoms with Crippen molar-refractivity contribution in [2.75, 3.05) is 18.8 Å². The van der Waals surface area contributed by atoms with Crippen LogP contribution in [0, 0.1) is 12.7 Å². The first kappa shape index (κ1) is 24.4. The lowest BCUT2D eigenvalue weighted by molar-refractivity contribution is -0.119. The number of thioether (sulfide) groups is 1. The average molecular weight is 482 g/mol. The van der Waals surface area contributed by atoms with E-state index in [4.69, 9.17) is 0 Å². The zero-order chi connectivity index (χ0) is 24.1. The molecular formula is C26H32FN5OS. The third kappa shape index (κ3) is 5.67. The van der Waals surface area contributed by atoms with Crippen molar-refractivity contribution in [1.29, 1.82) is 0 Å². The van der Waals surface area contributed by atoms with Gasteiger partial charge in [0.2, 0.25) is 5.91 Å². The van der Waals surface area contributed by atoms with Crippen LogP contribution in [0.15, 0.2) is 53.7 Å². The Bertz CT molecular complexity index is 1110. The molecule has 2 heterocycles. The van der Waals surface area contributed by atoms with Crippen molar-refractivity contribution in [2.24, 2.45) is 0 Å². The van der Waals surface area contributed by atoms with Crippen LogP contribution in [0.2, 0.25) is 0 Å². The number of likely N-dealkylation sites (tertiary alicyclic amines) is 1. The average Bonchev–Trinajstić information content (AvgIpc) is 3.27. The van der Waals surface area contributed by atoms with E-state index in [1.807, 2.05) is 42.7 Å². The Kier molecular flexibility index (Phi) is 8.00. The van der Waals surface area contributed by atoms with Crippen molar-refractivity contribution >= 4 is 17.7 Å². The second-order valence-corrected chi connectivity index (χ2v) is 9.80.